The van der Waals surface area contributed by atoms with Crippen LogP contribution < -0.4 is 5.73 Å². The molecule has 102 valence electrons. The van der Waals surface area contributed by atoms with Crippen LogP contribution in [0, 0.1) is 6.92 Å². The molecule has 1 heterocycles. The fourth-order valence-electron chi connectivity index (χ4n) is 2.05. The van der Waals surface area contributed by atoms with Gasteiger partial charge < -0.3 is 15.8 Å². The Bertz CT molecular complexity index is 646. The number of aryl methyl sites for hydroxylation is 1. The van der Waals surface area contributed by atoms with Gasteiger partial charge in [0.1, 0.15) is 6.04 Å². The van der Waals surface area contributed by atoms with E-state index >= 15 is 0 Å². The van der Waals surface area contributed by atoms with Crippen LogP contribution in [0.3, 0.4) is 0 Å². The summed E-state index contributed by atoms with van der Waals surface area (Å²) in [5.41, 5.74) is 5.71. The molecule has 1 aromatic carbocycles. The summed E-state index contributed by atoms with van der Waals surface area (Å²) < 4.78 is 37.7. The highest BCUT2D eigenvalue weighted by Gasteiger charge is 2.31. The number of hydrogen-bond donors (Lipinski definition) is 3. The molecule has 0 spiro atoms. The van der Waals surface area contributed by atoms with Crippen molar-refractivity contribution in [1.29, 1.82) is 0 Å². The minimum absolute atomic E-state index is 0.221. The van der Waals surface area contributed by atoms with Gasteiger partial charge in [0.2, 0.25) is 0 Å². The summed E-state index contributed by atoms with van der Waals surface area (Å²) in [6, 6.07) is 1.82. The molecule has 7 heteroatoms. The van der Waals surface area contributed by atoms with Gasteiger partial charge in [0.05, 0.1) is 5.56 Å². The lowest BCUT2D eigenvalue weighted by Gasteiger charge is -2.08. The second-order valence-electron chi connectivity index (χ2n) is 4.24. The van der Waals surface area contributed by atoms with Gasteiger partial charge in [-0.3, -0.25) is 4.79 Å². The number of nitrogens with two attached hydrogens (primary N) is 1. The van der Waals surface area contributed by atoms with Gasteiger partial charge in [0.15, 0.2) is 0 Å². The molecule has 0 aliphatic rings. The minimum atomic E-state index is -4.44. The molecule has 1 unspecified atom stereocenters. The van der Waals surface area contributed by atoms with Gasteiger partial charge in [0.25, 0.3) is 0 Å². The second kappa shape index (κ2) is 4.27. The van der Waals surface area contributed by atoms with E-state index in [1.165, 1.54) is 6.07 Å². The summed E-state index contributed by atoms with van der Waals surface area (Å²) in [5, 5.41) is 9.29. The average Bonchev–Trinajstić information content (AvgIpc) is 2.61. The lowest BCUT2D eigenvalue weighted by atomic mass is 10.0. The van der Waals surface area contributed by atoms with Crippen LogP contribution in [0.1, 0.15) is 22.9 Å². The number of carboxylic acid groups (broad SMARTS) is 1. The molecule has 0 bridgehead atoms. The standard InChI is InChI=1S/C12H11F3N2O2/c1-5-9(10(16)11(18)19)7-3-2-6(12(13,14)15)4-8(7)17-5/h2-4,10,17H,16H2,1H3,(H,18,19). The minimum Gasteiger partial charge on any atom is -0.480 e. The van der Waals surface area contributed by atoms with Crippen molar-refractivity contribution in [3.8, 4) is 0 Å². The first kappa shape index (κ1) is 13.4. The fourth-order valence-corrected chi connectivity index (χ4v) is 2.05. The van der Waals surface area contributed by atoms with Crippen molar-refractivity contribution in [3.63, 3.8) is 0 Å². The van der Waals surface area contributed by atoms with Crippen LogP contribution in [0.4, 0.5) is 13.2 Å². The SMILES string of the molecule is Cc1[nH]c2cc(C(F)(F)F)ccc2c1C(N)C(=O)O. The number of H-pyrrole nitrogens is 1. The first-order chi connectivity index (χ1) is 8.71. The van der Waals surface area contributed by atoms with E-state index in [-0.39, 0.29) is 5.52 Å². The number of aromatic amines is 1. The highest BCUT2D eigenvalue weighted by atomic mass is 19.4. The largest absolute Gasteiger partial charge is 0.480 e. The Labute approximate surface area is 106 Å². The Morgan fingerprint density at radius 2 is 2.05 bits per heavy atom. The van der Waals surface area contributed by atoms with Gasteiger partial charge >= 0.3 is 12.1 Å². The summed E-state index contributed by atoms with van der Waals surface area (Å²) in [7, 11) is 0. The Morgan fingerprint density at radius 1 is 1.42 bits per heavy atom. The maximum atomic E-state index is 12.6. The zero-order valence-corrected chi connectivity index (χ0v) is 9.88. The lowest BCUT2D eigenvalue weighted by Crippen LogP contribution is -2.21. The topological polar surface area (TPSA) is 79.1 Å². The molecule has 0 aliphatic heterocycles. The highest BCUT2D eigenvalue weighted by Crippen LogP contribution is 2.34. The Kier molecular flexibility index (Phi) is 3.01. The van der Waals surface area contributed by atoms with E-state index in [9.17, 15) is 18.0 Å². The Balaban J connectivity index is 2.64. The van der Waals surface area contributed by atoms with E-state index in [1.807, 2.05) is 0 Å². The normalized spacial score (nSPS) is 13.7. The summed E-state index contributed by atoms with van der Waals surface area (Å²) in [4.78, 5) is 13.6. The number of aromatic nitrogens is 1. The van der Waals surface area contributed by atoms with Crippen LogP contribution in [0.5, 0.6) is 0 Å². The zero-order chi connectivity index (χ0) is 14.4. The molecule has 0 fully saturated rings. The maximum Gasteiger partial charge on any atom is 0.416 e. The number of nitrogens with one attached hydrogen (secondary N) is 1. The third-order valence-corrected chi connectivity index (χ3v) is 2.94. The Morgan fingerprint density at radius 3 is 2.58 bits per heavy atom. The smallest absolute Gasteiger partial charge is 0.416 e. The summed E-state index contributed by atoms with van der Waals surface area (Å²) in [6.45, 7) is 1.57. The number of aliphatic carboxylic acids is 1. The quantitative estimate of drug-likeness (QED) is 0.786. The zero-order valence-electron chi connectivity index (χ0n) is 9.88. The third-order valence-electron chi connectivity index (χ3n) is 2.94. The Hall–Kier alpha value is -2.02. The van der Waals surface area contributed by atoms with Crippen molar-refractivity contribution in [2.75, 3.05) is 0 Å². The van der Waals surface area contributed by atoms with E-state index in [1.54, 1.807) is 6.92 Å². The van der Waals surface area contributed by atoms with Gasteiger partial charge in [-0.1, -0.05) is 6.07 Å². The predicted molar refractivity (Wildman–Crippen MR) is 62.6 cm³/mol. The molecular weight excluding hydrogens is 261 g/mol. The highest BCUT2D eigenvalue weighted by molar-refractivity contribution is 5.90. The number of hydrogen-bond acceptors (Lipinski definition) is 2. The van der Waals surface area contributed by atoms with Gasteiger partial charge in [-0.25, -0.2) is 0 Å². The molecular formula is C12H11F3N2O2. The number of benzene rings is 1. The van der Waals surface area contributed by atoms with Crippen molar-refractivity contribution in [2.45, 2.75) is 19.1 Å². The molecule has 2 rings (SSSR count). The molecule has 0 aliphatic carbocycles. The van der Waals surface area contributed by atoms with Crippen molar-refractivity contribution < 1.29 is 23.1 Å². The summed E-state index contributed by atoms with van der Waals surface area (Å²) in [5.74, 6) is -1.23. The van der Waals surface area contributed by atoms with Gasteiger partial charge in [-0.2, -0.15) is 13.2 Å². The van der Waals surface area contributed by atoms with E-state index in [0.717, 1.165) is 12.1 Å². The van der Waals surface area contributed by atoms with Crippen LogP contribution in [-0.2, 0) is 11.0 Å². The van der Waals surface area contributed by atoms with Crippen LogP contribution in [0.25, 0.3) is 10.9 Å². The monoisotopic (exact) mass is 272 g/mol. The maximum absolute atomic E-state index is 12.6. The van der Waals surface area contributed by atoms with Crippen molar-refractivity contribution >= 4 is 16.9 Å². The van der Waals surface area contributed by atoms with Crippen LogP contribution in [0.2, 0.25) is 0 Å². The molecule has 0 radical (unpaired) electrons. The number of rotatable bonds is 2. The van der Waals surface area contributed by atoms with Crippen LogP contribution in [0.15, 0.2) is 18.2 Å². The second-order valence-corrected chi connectivity index (χ2v) is 4.24. The molecule has 2 aromatic rings. The fraction of sp³-hybridized carbons (Fsp3) is 0.250. The molecule has 0 saturated heterocycles. The van der Waals surface area contributed by atoms with E-state index in [4.69, 9.17) is 10.8 Å². The van der Waals surface area contributed by atoms with Gasteiger partial charge in [-0.15, -0.1) is 0 Å². The van der Waals surface area contributed by atoms with E-state index < -0.39 is 23.8 Å². The number of halogens is 3. The average molecular weight is 272 g/mol. The summed E-state index contributed by atoms with van der Waals surface area (Å²) >= 11 is 0. The lowest BCUT2D eigenvalue weighted by molar-refractivity contribution is -0.139. The molecule has 0 saturated carbocycles. The predicted octanol–water partition coefficient (Wildman–Crippen LogP) is 2.58. The molecule has 0 amide bonds. The van der Waals surface area contributed by atoms with E-state index in [2.05, 4.69) is 4.98 Å². The van der Waals surface area contributed by atoms with Crippen molar-refractivity contribution in [3.05, 3.63) is 35.0 Å². The number of alkyl halides is 3. The summed E-state index contributed by atoms with van der Waals surface area (Å²) in [6.07, 6.45) is -4.44. The van der Waals surface area contributed by atoms with Gasteiger partial charge in [0, 0.05) is 22.2 Å². The number of carbonyl (C=O) groups is 1. The molecule has 4 nitrogen and oxygen atoms in total. The van der Waals surface area contributed by atoms with Crippen LogP contribution >= 0.6 is 0 Å². The molecule has 1 aromatic heterocycles. The number of carboxylic acids is 1. The van der Waals surface area contributed by atoms with Crippen LogP contribution in [-0.4, -0.2) is 16.1 Å². The molecule has 1 atom stereocenters. The molecule has 4 N–H and O–H groups in total. The number of fused-ring (bicyclic) bond motifs is 1. The first-order valence-electron chi connectivity index (χ1n) is 5.39. The van der Waals surface area contributed by atoms with E-state index in [0.29, 0.717) is 16.6 Å². The van der Waals surface area contributed by atoms with Crippen molar-refractivity contribution in [2.24, 2.45) is 5.73 Å². The first-order valence-corrected chi connectivity index (χ1v) is 5.39. The molecule has 19 heavy (non-hydrogen) atoms. The van der Waals surface area contributed by atoms with Gasteiger partial charge in [-0.05, 0) is 19.1 Å². The third kappa shape index (κ3) is 2.28. The van der Waals surface area contributed by atoms with Crippen molar-refractivity contribution in [1.82, 2.24) is 4.98 Å².